The van der Waals surface area contributed by atoms with Gasteiger partial charge in [-0.1, -0.05) is 19.1 Å². The van der Waals surface area contributed by atoms with Gasteiger partial charge in [-0.05, 0) is 24.1 Å². The molecule has 98 valence electrons. The van der Waals surface area contributed by atoms with E-state index in [2.05, 4.69) is 0 Å². The third-order valence-electron chi connectivity index (χ3n) is 2.71. The van der Waals surface area contributed by atoms with Crippen molar-refractivity contribution in [3.05, 3.63) is 35.6 Å². The van der Waals surface area contributed by atoms with Crippen molar-refractivity contribution in [3.63, 3.8) is 0 Å². The minimum Gasteiger partial charge on any atom is -0.481 e. The Labute approximate surface area is 105 Å². The molecule has 2 atom stereocenters. The lowest BCUT2D eigenvalue weighted by atomic mass is 9.96. The van der Waals surface area contributed by atoms with Gasteiger partial charge in [-0.3, -0.25) is 9.59 Å². The first kappa shape index (κ1) is 14.3. The third-order valence-corrected chi connectivity index (χ3v) is 2.71. The highest BCUT2D eigenvalue weighted by Crippen LogP contribution is 2.09. The number of carboxylic acid groups (broad SMARTS) is 1. The van der Waals surface area contributed by atoms with Crippen LogP contribution in [-0.2, 0) is 16.0 Å². The zero-order valence-corrected chi connectivity index (χ0v) is 10.1. The summed E-state index contributed by atoms with van der Waals surface area (Å²) in [6, 6.07) is 4.96. The molecule has 0 aliphatic carbocycles. The maximum absolute atomic E-state index is 12.7. The van der Waals surface area contributed by atoms with Crippen LogP contribution in [-0.4, -0.2) is 22.9 Å². The van der Waals surface area contributed by atoms with Crippen LogP contribution in [0.1, 0.15) is 18.9 Å². The van der Waals surface area contributed by atoms with Crippen LogP contribution < -0.4 is 5.73 Å². The van der Waals surface area contributed by atoms with E-state index in [1.807, 2.05) is 0 Å². The van der Waals surface area contributed by atoms with Gasteiger partial charge in [0.05, 0.1) is 12.0 Å². The van der Waals surface area contributed by atoms with E-state index in [0.29, 0.717) is 0 Å². The first-order valence-corrected chi connectivity index (χ1v) is 5.65. The first-order chi connectivity index (χ1) is 8.40. The molecule has 0 radical (unpaired) electrons. The lowest BCUT2D eigenvalue weighted by Gasteiger charge is -2.12. The first-order valence-electron chi connectivity index (χ1n) is 5.65. The number of carbonyl (C=O) groups excluding carboxylic acids is 1. The number of rotatable bonds is 6. The van der Waals surface area contributed by atoms with Crippen molar-refractivity contribution < 1.29 is 19.1 Å². The maximum atomic E-state index is 12.7. The number of nitrogens with two attached hydrogens (primary N) is 1. The van der Waals surface area contributed by atoms with Gasteiger partial charge in [0.25, 0.3) is 0 Å². The van der Waals surface area contributed by atoms with Crippen molar-refractivity contribution in [2.24, 2.45) is 11.7 Å². The Hall–Kier alpha value is -1.75. The summed E-state index contributed by atoms with van der Waals surface area (Å²) in [4.78, 5) is 22.3. The second-order valence-corrected chi connectivity index (χ2v) is 4.35. The Morgan fingerprint density at radius 2 is 1.89 bits per heavy atom. The van der Waals surface area contributed by atoms with Crippen molar-refractivity contribution in [1.29, 1.82) is 0 Å². The van der Waals surface area contributed by atoms with Crippen LogP contribution >= 0.6 is 0 Å². The smallest absolute Gasteiger partial charge is 0.306 e. The van der Waals surface area contributed by atoms with Crippen molar-refractivity contribution >= 4 is 11.8 Å². The molecular weight excluding hydrogens is 237 g/mol. The number of benzene rings is 1. The molecule has 0 aromatic heterocycles. The van der Waals surface area contributed by atoms with Gasteiger partial charge in [-0.25, -0.2) is 4.39 Å². The van der Waals surface area contributed by atoms with E-state index in [1.54, 1.807) is 12.1 Å². The quantitative estimate of drug-likeness (QED) is 0.802. The molecule has 1 unspecified atom stereocenters. The third kappa shape index (κ3) is 4.25. The standard InChI is InChI=1S/C13H16FNO3/c1-8(13(17)18)6-12(16)11(15)7-9-2-4-10(14)5-3-9/h2-5,8,11H,6-7,15H2,1H3,(H,17,18)/t8-,11?/m1/s1. The van der Waals surface area contributed by atoms with E-state index in [1.165, 1.54) is 19.1 Å². The van der Waals surface area contributed by atoms with Crippen LogP contribution in [0.3, 0.4) is 0 Å². The number of hydrogen-bond acceptors (Lipinski definition) is 3. The summed E-state index contributed by atoms with van der Waals surface area (Å²) >= 11 is 0. The Balaban J connectivity index is 2.54. The second kappa shape index (κ2) is 6.26. The zero-order chi connectivity index (χ0) is 13.7. The van der Waals surface area contributed by atoms with Crippen molar-refractivity contribution in [2.75, 3.05) is 0 Å². The van der Waals surface area contributed by atoms with Gasteiger partial charge in [0.2, 0.25) is 0 Å². The fourth-order valence-electron chi connectivity index (χ4n) is 1.53. The summed E-state index contributed by atoms with van der Waals surface area (Å²) in [6.07, 6.45) is 0.198. The van der Waals surface area contributed by atoms with Gasteiger partial charge in [0.1, 0.15) is 5.82 Å². The lowest BCUT2D eigenvalue weighted by molar-refractivity contribution is -0.143. The summed E-state index contributed by atoms with van der Waals surface area (Å²) in [6.45, 7) is 1.46. The summed E-state index contributed by atoms with van der Waals surface area (Å²) in [7, 11) is 0. The van der Waals surface area contributed by atoms with E-state index in [0.717, 1.165) is 5.56 Å². The molecule has 3 N–H and O–H groups in total. The summed E-state index contributed by atoms with van der Waals surface area (Å²) in [5, 5.41) is 8.70. The number of carbonyl (C=O) groups is 2. The average Bonchev–Trinajstić information content (AvgIpc) is 2.31. The molecule has 0 aliphatic rings. The molecule has 0 saturated carbocycles. The van der Waals surface area contributed by atoms with Crippen LogP contribution in [0.2, 0.25) is 0 Å². The Morgan fingerprint density at radius 3 is 2.39 bits per heavy atom. The molecule has 5 heteroatoms. The molecule has 0 spiro atoms. The van der Waals surface area contributed by atoms with Gasteiger partial charge in [0.15, 0.2) is 5.78 Å². The van der Waals surface area contributed by atoms with E-state index in [9.17, 15) is 14.0 Å². The molecule has 4 nitrogen and oxygen atoms in total. The van der Waals surface area contributed by atoms with E-state index in [-0.39, 0.29) is 24.4 Å². The molecule has 1 aromatic carbocycles. The number of ketones is 1. The number of hydrogen-bond donors (Lipinski definition) is 2. The number of halogens is 1. The monoisotopic (exact) mass is 253 g/mol. The molecule has 0 bridgehead atoms. The molecule has 18 heavy (non-hydrogen) atoms. The number of carboxylic acids is 1. The van der Waals surface area contributed by atoms with Crippen LogP contribution in [0.5, 0.6) is 0 Å². The highest BCUT2D eigenvalue weighted by Gasteiger charge is 2.20. The minimum absolute atomic E-state index is 0.0856. The Morgan fingerprint density at radius 1 is 1.33 bits per heavy atom. The lowest BCUT2D eigenvalue weighted by Crippen LogP contribution is -2.34. The molecule has 0 heterocycles. The number of aliphatic carboxylic acids is 1. The Bertz CT molecular complexity index is 430. The predicted octanol–water partition coefficient (Wildman–Crippen LogP) is 1.38. The fourth-order valence-corrected chi connectivity index (χ4v) is 1.53. The van der Waals surface area contributed by atoms with Crippen LogP contribution in [0, 0.1) is 11.7 Å². The highest BCUT2D eigenvalue weighted by molar-refractivity contribution is 5.87. The van der Waals surface area contributed by atoms with Crippen LogP contribution in [0.4, 0.5) is 4.39 Å². The second-order valence-electron chi connectivity index (χ2n) is 4.35. The number of Topliss-reactive ketones (excluding diaryl/α,β-unsaturated/α-hetero) is 1. The van der Waals surface area contributed by atoms with Crippen molar-refractivity contribution in [3.8, 4) is 0 Å². The molecule has 0 aliphatic heterocycles. The zero-order valence-electron chi connectivity index (χ0n) is 10.1. The largest absolute Gasteiger partial charge is 0.481 e. The summed E-state index contributed by atoms with van der Waals surface area (Å²) in [5.74, 6) is -2.40. The minimum atomic E-state index is -1.02. The summed E-state index contributed by atoms with van der Waals surface area (Å²) < 4.78 is 12.7. The van der Waals surface area contributed by atoms with Crippen LogP contribution in [0.25, 0.3) is 0 Å². The van der Waals surface area contributed by atoms with Gasteiger partial charge in [0, 0.05) is 6.42 Å². The summed E-state index contributed by atoms with van der Waals surface area (Å²) in [5.41, 5.74) is 6.45. The maximum Gasteiger partial charge on any atom is 0.306 e. The topological polar surface area (TPSA) is 80.4 Å². The molecule has 1 aromatic rings. The molecule has 1 rings (SSSR count). The average molecular weight is 253 g/mol. The van der Waals surface area contributed by atoms with Gasteiger partial charge in [-0.2, -0.15) is 0 Å². The molecule has 0 fully saturated rings. The van der Waals surface area contributed by atoms with Crippen LogP contribution in [0.15, 0.2) is 24.3 Å². The molecule has 0 saturated heterocycles. The predicted molar refractivity (Wildman–Crippen MR) is 64.5 cm³/mol. The van der Waals surface area contributed by atoms with Gasteiger partial charge < -0.3 is 10.8 Å². The van der Waals surface area contributed by atoms with Gasteiger partial charge >= 0.3 is 5.97 Å². The van der Waals surface area contributed by atoms with E-state index >= 15 is 0 Å². The highest BCUT2D eigenvalue weighted by atomic mass is 19.1. The SMILES string of the molecule is C[C@H](CC(=O)C(N)Cc1ccc(F)cc1)C(=O)O. The van der Waals surface area contributed by atoms with Crippen molar-refractivity contribution in [2.45, 2.75) is 25.8 Å². The molecular formula is C13H16FNO3. The fraction of sp³-hybridized carbons (Fsp3) is 0.385. The Kier molecular flexibility index (Phi) is 4.97. The molecule has 0 amide bonds. The normalized spacial score (nSPS) is 13.9. The van der Waals surface area contributed by atoms with E-state index in [4.69, 9.17) is 10.8 Å². The van der Waals surface area contributed by atoms with Crippen molar-refractivity contribution in [1.82, 2.24) is 0 Å². The van der Waals surface area contributed by atoms with E-state index < -0.39 is 17.9 Å². The van der Waals surface area contributed by atoms with Gasteiger partial charge in [-0.15, -0.1) is 0 Å².